The molecule has 4 heteroatoms. The number of hydrogen-bond acceptors (Lipinski definition) is 2. The highest BCUT2D eigenvalue weighted by molar-refractivity contribution is 5.97. The molecule has 0 saturated heterocycles. The number of fused-ring (bicyclic) bond motifs is 1. The Morgan fingerprint density at radius 1 is 0.943 bits per heavy atom. The Balaban J connectivity index is 0.00000167. The molecule has 0 aliphatic rings. The highest BCUT2D eigenvalue weighted by Crippen LogP contribution is 2.32. The van der Waals surface area contributed by atoms with Crippen molar-refractivity contribution in [3.05, 3.63) is 76.0 Å². The van der Waals surface area contributed by atoms with Crippen LogP contribution >= 0.6 is 0 Å². The molecule has 0 aliphatic carbocycles. The molecule has 0 aliphatic heterocycles. The van der Waals surface area contributed by atoms with Gasteiger partial charge in [0, 0.05) is 35.3 Å². The second kappa shape index (κ2) is 11.1. The average Bonchev–Trinajstić information content (AvgIpc) is 3.26. The smallest absolute Gasteiger partial charge is 0.254 e. The second-order valence-electron chi connectivity index (χ2n) is 10.2. The van der Waals surface area contributed by atoms with Gasteiger partial charge in [-0.2, -0.15) is 0 Å². The lowest BCUT2D eigenvalue weighted by Crippen LogP contribution is -2.29. The molecule has 0 saturated carbocycles. The summed E-state index contributed by atoms with van der Waals surface area (Å²) in [6.45, 7) is 17.4. The number of aromatic nitrogens is 3. The van der Waals surface area contributed by atoms with Gasteiger partial charge in [0.15, 0.2) is 0 Å². The largest absolute Gasteiger partial charge is 0.360 e. The fraction of sp³-hybridized carbons (Fsp3) is 0.419. The predicted octanol–water partition coefficient (Wildman–Crippen LogP) is 7.95. The lowest BCUT2D eigenvalue weighted by atomic mass is 9.94. The van der Waals surface area contributed by atoms with Crippen molar-refractivity contribution in [2.24, 2.45) is 5.41 Å². The first-order valence-corrected chi connectivity index (χ1v) is 13.0. The van der Waals surface area contributed by atoms with Crippen LogP contribution in [0.1, 0.15) is 71.8 Å². The molecule has 2 aromatic heterocycles. The van der Waals surface area contributed by atoms with Crippen LogP contribution in [-0.4, -0.2) is 14.5 Å². The van der Waals surface area contributed by atoms with Crippen LogP contribution in [-0.2, 0) is 19.4 Å². The maximum absolute atomic E-state index is 12.9. The van der Waals surface area contributed by atoms with Gasteiger partial charge in [0.1, 0.15) is 5.82 Å². The molecule has 0 amide bonds. The Morgan fingerprint density at radius 2 is 1.63 bits per heavy atom. The Morgan fingerprint density at radius 3 is 2.26 bits per heavy atom. The van der Waals surface area contributed by atoms with E-state index in [2.05, 4.69) is 76.0 Å². The summed E-state index contributed by atoms with van der Waals surface area (Å²) in [6, 6.07) is 15.0. The van der Waals surface area contributed by atoms with E-state index in [9.17, 15) is 4.79 Å². The number of nitrogens with one attached hydrogen (secondary N) is 1. The van der Waals surface area contributed by atoms with Gasteiger partial charge < -0.3 is 4.98 Å². The second-order valence-corrected chi connectivity index (χ2v) is 10.2. The number of H-pyrrole nitrogens is 1. The summed E-state index contributed by atoms with van der Waals surface area (Å²) in [5.41, 5.74) is 8.02. The molecular weight excluding hydrogens is 430 g/mol. The highest BCUT2D eigenvalue weighted by Gasteiger charge is 2.17. The number of aromatic amines is 1. The molecule has 4 nitrogen and oxygen atoms in total. The zero-order chi connectivity index (χ0) is 25.8. The molecule has 0 unspecified atom stereocenters. The summed E-state index contributed by atoms with van der Waals surface area (Å²) in [4.78, 5) is 21.1. The van der Waals surface area contributed by atoms with Gasteiger partial charge in [-0.15, -0.1) is 0 Å². The summed E-state index contributed by atoms with van der Waals surface area (Å²) < 4.78 is 1.77. The topological polar surface area (TPSA) is 50.7 Å². The third-order valence-corrected chi connectivity index (χ3v) is 6.23. The molecule has 4 rings (SSSR count). The van der Waals surface area contributed by atoms with Crippen molar-refractivity contribution in [3.8, 4) is 22.4 Å². The van der Waals surface area contributed by atoms with Crippen molar-refractivity contribution in [3.63, 3.8) is 0 Å². The molecule has 0 fully saturated rings. The Bertz CT molecular complexity index is 1350. The van der Waals surface area contributed by atoms with E-state index in [-0.39, 0.29) is 11.0 Å². The first-order valence-electron chi connectivity index (χ1n) is 13.0. The lowest BCUT2D eigenvalue weighted by molar-refractivity contribution is 0.332. The molecule has 2 heterocycles. The zero-order valence-corrected chi connectivity index (χ0v) is 22.7. The average molecular weight is 472 g/mol. The molecule has 4 aromatic rings. The third kappa shape index (κ3) is 5.93. The number of rotatable bonds is 6. The third-order valence-electron chi connectivity index (χ3n) is 6.23. The van der Waals surface area contributed by atoms with Gasteiger partial charge in [0.05, 0.1) is 5.69 Å². The van der Waals surface area contributed by atoms with Crippen LogP contribution < -0.4 is 5.56 Å². The van der Waals surface area contributed by atoms with Gasteiger partial charge in [-0.25, -0.2) is 4.98 Å². The van der Waals surface area contributed by atoms with Gasteiger partial charge in [0.2, 0.25) is 0 Å². The van der Waals surface area contributed by atoms with Crippen LogP contribution in [0.15, 0.2) is 53.5 Å². The maximum atomic E-state index is 12.9. The molecule has 0 bridgehead atoms. The summed E-state index contributed by atoms with van der Waals surface area (Å²) in [5, 5.41) is 1.09. The van der Waals surface area contributed by atoms with E-state index in [1.54, 1.807) is 10.6 Å². The van der Waals surface area contributed by atoms with Crippen LogP contribution in [0.2, 0.25) is 0 Å². The lowest BCUT2D eigenvalue weighted by Gasteiger charge is -2.21. The molecule has 2 aromatic carbocycles. The van der Waals surface area contributed by atoms with Crippen LogP contribution in [0, 0.1) is 12.3 Å². The van der Waals surface area contributed by atoms with Crippen molar-refractivity contribution in [1.82, 2.24) is 14.5 Å². The quantitative estimate of drug-likeness (QED) is 0.310. The predicted molar refractivity (Wildman–Crippen MR) is 150 cm³/mol. The van der Waals surface area contributed by atoms with Crippen LogP contribution in [0.3, 0.4) is 0 Å². The van der Waals surface area contributed by atoms with Gasteiger partial charge in [-0.1, -0.05) is 79.2 Å². The number of benzene rings is 2. The first kappa shape index (κ1) is 26.5. The van der Waals surface area contributed by atoms with Crippen LogP contribution in [0.5, 0.6) is 0 Å². The fourth-order valence-electron chi connectivity index (χ4n) is 4.59. The van der Waals surface area contributed by atoms with Crippen LogP contribution in [0.4, 0.5) is 0 Å². The minimum absolute atomic E-state index is 0.00275. The Hall–Kier alpha value is -3.14. The number of hydrogen-bond donors (Lipinski definition) is 1. The number of nitrogens with zero attached hydrogens (tertiary/aromatic N) is 2. The molecular formula is C31H41N3O. The van der Waals surface area contributed by atoms with Gasteiger partial charge in [0.25, 0.3) is 5.56 Å². The van der Waals surface area contributed by atoms with Crippen LogP contribution in [0.25, 0.3) is 33.3 Å². The summed E-state index contributed by atoms with van der Waals surface area (Å²) >= 11 is 0. The molecule has 0 radical (unpaired) electrons. The van der Waals surface area contributed by atoms with E-state index in [4.69, 9.17) is 4.98 Å². The molecule has 0 atom stereocenters. The molecule has 1 N–H and O–H groups in total. The monoisotopic (exact) mass is 471 g/mol. The standard InChI is InChI=1S/C29H35N3O.C2H6/c1-7-9-21-10-11-22(14-20(21)8-2)23-12-13-26-24(15-23)25(17-30-26)27-16-28(33)32(19(3)31-27)18-29(4,5)6;1-2/h10-17,30H,7-9,18H2,1-6H3;1-2H3. The van der Waals surface area contributed by atoms with Gasteiger partial charge in [-0.05, 0) is 59.6 Å². The Kier molecular flexibility index (Phi) is 8.37. The summed E-state index contributed by atoms with van der Waals surface area (Å²) in [7, 11) is 0. The fourth-order valence-corrected chi connectivity index (χ4v) is 4.59. The SMILES string of the molecule is CC.CCCc1ccc(-c2ccc3[nH]cc(-c4cc(=O)n(CC(C)(C)C)c(C)n4)c3c2)cc1CC. The molecule has 0 spiro atoms. The molecule has 35 heavy (non-hydrogen) atoms. The van der Waals surface area contributed by atoms with E-state index < -0.39 is 0 Å². The van der Waals surface area contributed by atoms with Gasteiger partial charge in [-0.3, -0.25) is 9.36 Å². The summed E-state index contributed by atoms with van der Waals surface area (Å²) in [5.74, 6) is 0.747. The Labute approximate surface area is 210 Å². The zero-order valence-electron chi connectivity index (χ0n) is 22.7. The van der Waals surface area contributed by atoms with Gasteiger partial charge >= 0.3 is 0 Å². The van der Waals surface area contributed by atoms with Crippen molar-refractivity contribution in [2.45, 2.75) is 81.2 Å². The maximum Gasteiger partial charge on any atom is 0.254 e. The van der Waals surface area contributed by atoms with E-state index in [0.717, 1.165) is 47.2 Å². The number of aryl methyl sites for hydroxylation is 3. The van der Waals surface area contributed by atoms with E-state index >= 15 is 0 Å². The minimum Gasteiger partial charge on any atom is -0.360 e. The van der Waals surface area contributed by atoms with Crippen molar-refractivity contribution in [1.29, 1.82) is 0 Å². The van der Waals surface area contributed by atoms with E-state index in [1.807, 2.05) is 27.0 Å². The van der Waals surface area contributed by atoms with Crippen molar-refractivity contribution >= 4 is 10.9 Å². The first-order chi connectivity index (χ1) is 16.7. The van der Waals surface area contributed by atoms with Crippen molar-refractivity contribution < 1.29 is 0 Å². The van der Waals surface area contributed by atoms with E-state index in [0.29, 0.717) is 6.54 Å². The highest BCUT2D eigenvalue weighted by atomic mass is 16.1. The normalized spacial score (nSPS) is 11.4. The molecule has 186 valence electrons. The minimum atomic E-state index is -0.00275. The van der Waals surface area contributed by atoms with E-state index in [1.165, 1.54) is 22.3 Å². The summed E-state index contributed by atoms with van der Waals surface area (Å²) in [6.07, 6.45) is 5.28. The van der Waals surface area contributed by atoms with Crippen molar-refractivity contribution in [2.75, 3.05) is 0 Å².